The van der Waals surface area contributed by atoms with Crippen LogP contribution in [0.2, 0.25) is 0 Å². The average Bonchev–Trinajstić information content (AvgIpc) is 2.40. The van der Waals surface area contributed by atoms with E-state index >= 15 is 0 Å². The lowest BCUT2D eigenvalue weighted by Crippen LogP contribution is -2.13. The number of carbonyl (C=O) groups excluding carboxylic acids is 1. The Labute approximate surface area is 110 Å². The van der Waals surface area contributed by atoms with Crippen LogP contribution in [0.1, 0.15) is 15.9 Å². The first-order chi connectivity index (χ1) is 9.10. The van der Waals surface area contributed by atoms with Crippen LogP contribution in [-0.4, -0.2) is 18.0 Å². The number of pyridine rings is 1. The molecule has 0 saturated carbocycles. The Kier molecular flexibility index (Phi) is 3.75. The third-order valence-electron chi connectivity index (χ3n) is 2.59. The van der Waals surface area contributed by atoms with E-state index in [9.17, 15) is 9.18 Å². The average molecular weight is 260 g/mol. The van der Waals surface area contributed by atoms with Gasteiger partial charge in [0, 0.05) is 17.8 Å². The molecule has 1 aromatic heterocycles. The van der Waals surface area contributed by atoms with Crippen molar-refractivity contribution in [1.29, 1.82) is 0 Å². The zero-order valence-electron chi connectivity index (χ0n) is 10.6. The summed E-state index contributed by atoms with van der Waals surface area (Å²) in [5.41, 5.74) is 1.76. The van der Waals surface area contributed by atoms with E-state index in [4.69, 9.17) is 4.74 Å². The van der Waals surface area contributed by atoms with Crippen molar-refractivity contribution in [3.05, 3.63) is 53.6 Å². The quantitative estimate of drug-likeness (QED) is 0.863. The van der Waals surface area contributed by atoms with Crippen LogP contribution < -0.4 is 10.1 Å². The molecule has 0 fully saturated rings. The zero-order valence-corrected chi connectivity index (χ0v) is 10.6. The maximum atomic E-state index is 12.9. The zero-order chi connectivity index (χ0) is 13.8. The highest BCUT2D eigenvalue weighted by atomic mass is 19.1. The minimum absolute atomic E-state index is 0.204. The fraction of sp³-hybridized carbons (Fsp3) is 0.143. The summed E-state index contributed by atoms with van der Waals surface area (Å²) < 4.78 is 18.1. The van der Waals surface area contributed by atoms with Gasteiger partial charge in [-0.25, -0.2) is 4.98 Å². The number of aryl methyl sites for hydroxylation is 1. The van der Waals surface area contributed by atoms with E-state index in [1.54, 1.807) is 6.07 Å². The van der Waals surface area contributed by atoms with Gasteiger partial charge in [0.1, 0.15) is 5.75 Å². The molecule has 19 heavy (non-hydrogen) atoms. The van der Waals surface area contributed by atoms with Crippen molar-refractivity contribution < 1.29 is 13.9 Å². The van der Waals surface area contributed by atoms with Crippen LogP contribution in [0.4, 0.5) is 10.1 Å². The number of nitrogens with zero attached hydrogens (tertiary/aromatic N) is 1. The molecule has 0 atom stereocenters. The Bertz CT molecular complexity index is 614. The van der Waals surface area contributed by atoms with E-state index in [1.165, 1.54) is 19.4 Å². The lowest BCUT2D eigenvalue weighted by Gasteiger charge is -2.10. The normalized spacial score (nSPS) is 10.1. The predicted octanol–water partition coefficient (Wildman–Crippen LogP) is 2.79. The molecule has 5 heteroatoms. The number of amides is 1. The first-order valence-corrected chi connectivity index (χ1v) is 5.67. The molecule has 4 nitrogen and oxygen atoms in total. The van der Waals surface area contributed by atoms with E-state index in [2.05, 4.69) is 10.3 Å². The summed E-state index contributed by atoms with van der Waals surface area (Å²) >= 11 is 0. The molecule has 1 N–H and O–H groups in total. The largest absolute Gasteiger partial charge is 0.495 e. The van der Waals surface area contributed by atoms with Gasteiger partial charge in [0.05, 0.1) is 12.8 Å². The monoisotopic (exact) mass is 260 g/mol. The van der Waals surface area contributed by atoms with Gasteiger partial charge in [-0.2, -0.15) is 4.39 Å². The molecular weight excluding hydrogens is 247 g/mol. The van der Waals surface area contributed by atoms with Crippen molar-refractivity contribution in [2.45, 2.75) is 6.92 Å². The van der Waals surface area contributed by atoms with E-state index in [0.717, 1.165) is 11.6 Å². The summed E-state index contributed by atoms with van der Waals surface area (Å²) in [5, 5.41) is 2.67. The highest BCUT2D eigenvalue weighted by Crippen LogP contribution is 2.25. The van der Waals surface area contributed by atoms with Crippen LogP contribution in [0.3, 0.4) is 0 Å². The fourth-order valence-corrected chi connectivity index (χ4v) is 1.64. The van der Waals surface area contributed by atoms with E-state index in [1.807, 2.05) is 19.1 Å². The molecule has 0 aliphatic carbocycles. The first kappa shape index (κ1) is 13.0. The van der Waals surface area contributed by atoms with Crippen LogP contribution in [0.15, 0.2) is 36.5 Å². The van der Waals surface area contributed by atoms with E-state index < -0.39 is 11.9 Å². The molecule has 0 aliphatic rings. The van der Waals surface area contributed by atoms with Crippen LogP contribution in [0.25, 0.3) is 0 Å². The number of benzene rings is 1. The summed E-state index contributed by atoms with van der Waals surface area (Å²) in [6, 6.07) is 7.92. The molecule has 2 rings (SSSR count). The molecule has 1 amide bonds. The maximum Gasteiger partial charge on any atom is 0.255 e. The number of hydrogen-bond acceptors (Lipinski definition) is 3. The van der Waals surface area contributed by atoms with Gasteiger partial charge in [-0.15, -0.1) is 0 Å². The number of rotatable bonds is 3. The van der Waals surface area contributed by atoms with Crippen LogP contribution in [-0.2, 0) is 0 Å². The number of carbonyl (C=O) groups is 1. The number of nitrogens with one attached hydrogen (secondary N) is 1. The summed E-state index contributed by atoms with van der Waals surface area (Å²) in [6.07, 6.45) is 1.25. The highest BCUT2D eigenvalue weighted by molar-refractivity contribution is 6.04. The van der Waals surface area contributed by atoms with E-state index in [0.29, 0.717) is 11.4 Å². The smallest absolute Gasteiger partial charge is 0.255 e. The second-order valence-electron chi connectivity index (χ2n) is 4.03. The molecule has 0 spiro atoms. The summed E-state index contributed by atoms with van der Waals surface area (Å²) in [5.74, 6) is -0.546. The van der Waals surface area contributed by atoms with Gasteiger partial charge in [0.2, 0.25) is 5.95 Å². The van der Waals surface area contributed by atoms with Crippen molar-refractivity contribution >= 4 is 11.6 Å². The summed E-state index contributed by atoms with van der Waals surface area (Å²) in [4.78, 5) is 15.4. The second-order valence-corrected chi connectivity index (χ2v) is 4.03. The Hall–Kier alpha value is -2.43. The van der Waals surface area contributed by atoms with Gasteiger partial charge in [0.25, 0.3) is 5.91 Å². The highest BCUT2D eigenvalue weighted by Gasteiger charge is 2.10. The number of methoxy groups -OCH3 is 1. The molecule has 0 bridgehead atoms. The third kappa shape index (κ3) is 3.07. The molecule has 98 valence electrons. The molecular formula is C14H13FN2O2. The van der Waals surface area contributed by atoms with Crippen LogP contribution >= 0.6 is 0 Å². The van der Waals surface area contributed by atoms with Crippen LogP contribution in [0, 0.1) is 12.9 Å². The second kappa shape index (κ2) is 5.48. The van der Waals surface area contributed by atoms with Crippen molar-refractivity contribution in [1.82, 2.24) is 4.98 Å². The van der Waals surface area contributed by atoms with Gasteiger partial charge in [-0.05, 0) is 30.7 Å². The lowest BCUT2D eigenvalue weighted by atomic mass is 10.2. The number of anilines is 1. The number of aromatic nitrogens is 1. The lowest BCUT2D eigenvalue weighted by molar-refractivity contribution is 0.102. The maximum absolute atomic E-state index is 12.9. The van der Waals surface area contributed by atoms with Crippen molar-refractivity contribution in [3.8, 4) is 5.75 Å². The first-order valence-electron chi connectivity index (χ1n) is 5.67. The SMILES string of the molecule is COc1cc(C)ccc1NC(=O)c1ccnc(F)c1. The van der Waals surface area contributed by atoms with Crippen molar-refractivity contribution in [2.75, 3.05) is 12.4 Å². The van der Waals surface area contributed by atoms with Gasteiger partial charge in [-0.1, -0.05) is 6.07 Å². The number of hydrogen-bond donors (Lipinski definition) is 1. The Morgan fingerprint density at radius 3 is 2.79 bits per heavy atom. The van der Waals surface area contributed by atoms with Crippen molar-refractivity contribution in [2.24, 2.45) is 0 Å². The molecule has 0 aliphatic heterocycles. The predicted molar refractivity (Wildman–Crippen MR) is 69.9 cm³/mol. The molecule has 1 aromatic carbocycles. The molecule has 0 unspecified atom stereocenters. The third-order valence-corrected chi connectivity index (χ3v) is 2.59. The van der Waals surface area contributed by atoms with Gasteiger partial charge < -0.3 is 10.1 Å². The van der Waals surface area contributed by atoms with Gasteiger partial charge in [0.15, 0.2) is 0 Å². The molecule has 2 aromatic rings. The fourth-order valence-electron chi connectivity index (χ4n) is 1.64. The molecule has 0 saturated heterocycles. The summed E-state index contributed by atoms with van der Waals surface area (Å²) in [6.45, 7) is 1.92. The number of halogens is 1. The Morgan fingerprint density at radius 2 is 2.11 bits per heavy atom. The topological polar surface area (TPSA) is 51.2 Å². The summed E-state index contributed by atoms with van der Waals surface area (Å²) in [7, 11) is 1.52. The van der Waals surface area contributed by atoms with E-state index in [-0.39, 0.29) is 5.56 Å². The minimum atomic E-state index is -0.691. The Morgan fingerprint density at radius 1 is 1.32 bits per heavy atom. The molecule has 1 heterocycles. The minimum Gasteiger partial charge on any atom is -0.495 e. The van der Waals surface area contributed by atoms with Gasteiger partial charge >= 0.3 is 0 Å². The Balaban J connectivity index is 2.24. The number of ether oxygens (including phenoxy) is 1. The van der Waals surface area contributed by atoms with Gasteiger partial charge in [-0.3, -0.25) is 4.79 Å². The van der Waals surface area contributed by atoms with Crippen LogP contribution in [0.5, 0.6) is 5.75 Å². The standard InChI is InChI=1S/C14H13FN2O2/c1-9-3-4-11(12(7-9)19-2)17-14(18)10-5-6-16-13(15)8-10/h3-8H,1-2H3,(H,17,18). The molecule has 0 radical (unpaired) electrons. The van der Waals surface area contributed by atoms with Crippen molar-refractivity contribution in [3.63, 3.8) is 0 Å².